The Kier molecular flexibility index (Phi) is 4.11. The van der Waals surface area contributed by atoms with Crippen LogP contribution in [0.3, 0.4) is 0 Å². The zero-order valence-electron chi connectivity index (χ0n) is 13.9. The third-order valence-electron chi connectivity index (χ3n) is 6.09. The molecule has 3 rings (SSSR count). The van der Waals surface area contributed by atoms with Gasteiger partial charge in [-0.3, -0.25) is 0 Å². The minimum atomic E-state index is -3.37. The molecule has 1 aromatic rings. The molecule has 0 amide bonds. The Balaban J connectivity index is 1.99. The molecule has 0 radical (unpaired) electrons. The van der Waals surface area contributed by atoms with E-state index in [1.54, 1.807) is 12.1 Å². The van der Waals surface area contributed by atoms with E-state index >= 15 is 0 Å². The average Bonchev–Trinajstić information content (AvgIpc) is 3.03. The normalized spacial score (nSPS) is 32.3. The molecule has 1 saturated carbocycles. The molecule has 22 heavy (non-hydrogen) atoms. The second-order valence-corrected chi connectivity index (χ2v) is 8.88. The molecule has 3 nitrogen and oxygen atoms in total. The van der Waals surface area contributed by atoms with Crippen molar-refractivity contribution in [2.45, 2.75) is 63.8 Å². The molecular weight excluding hydrogens is 294 g/mol. The van der Waals surface area contributed by atoms with Crippen molar-refractivity contribution >= 4 is 10.0 Å². The third kappa shape index (κ3) is 2.23. The number of sulfonamides is 1. The summed E-state index contributed by atoms with van der Waals surface area (Å²) in [7, 11) is -3.37. The van der Waals surface area contributed by atoms with Crippen LogP contribution in [0.15, 0.2) is 29.2 Å². The summed E-state index contributed by atoms with van der Waals surface area (Å²) in [6, 6.07) is 7.45. The van der Waals surface area contributed by atoms with E-state index in [-0.39, 0.29) is 11.5 Å². The Morgan fingerprint density at radius 1 is 1.23 bits per heavy atom. The molecule has 1 aromatic carbocycles. The van der Waals surface area contributed by atoms with Gasteiger partial charge in [0.05, 0.1) is 4.90 Å². The Labute approximate surface area is 134 Å². The molecule has 2 fully saturated rings. The van der Waals surface area contributed by atoms with Crippen molar-refractivity contribution in [1.29, 1.82) is 0 Å². The van der Waals surface area contributed by atoms with Crippen LogP contribution in [0.1, 0.15) is 51.5 Å². The number of hydrogen-bond acceptors (Lipinski definition) is 2. The molecule has 1 saturated heterocycles. The van der Waals surface area contributed by atoms with E-state index in [1.165, 1.54) is 19.3 Å². The summed E-state index contributed by atoms with van der Waals surface area (Å²) < 4.78 is 28.1. The monoisotopic (exact) mass is 321 g/mol. The van der Waals surface area contributed by atoms with Crippen molar-refractivity contribution in [3.8, 4) is 0 Å². The van der Waals surface area contributed by atoms with Crippen LogP contribution >= 0.6 is 0 Å². The van der Waals surface area contributed by atoms with Gasteiger partial charge in [-0.1, -0.05) is 38.0 Å². The van der Waals surface area contributed by atoms with E-state index in [4.69, 9.17) is 0 Å². The van der Waals surface area contributed by atoms with Gasteiger partial charge in [0.15, 0.2) is 0 Å². The first kappa shape index (κ1) is 16.0. The highest BCUT2D eigenvalue weighted by molar-refractivity contribution is 7.89. The average molecular weight is 321 g/mol. The third-order valence-corrected chi connectivity index (χ3v) is 7.98. The van der Waals surface area contributed by atoms with Crippen LogP contribution in [0.4, 0.5) is 0 Å². The molecular formula is C18H27NO2S. The van der Waals surface area contributed by atoms with Gasteiger partial charge < -0.3 is 0 Å². The van der Waals surface area contributed by atoms with Crippen molar-refractivity contribution in [2.24, 2.45) is 11.3 Å². The lowest BCUT2D eigenvalue weighted by Crippen LogP contribution is -2.42. The fourth-order valence-electron chi connectivity index (χ4n) is 4.93. The zero-order valence-corrected chi connectivity index (χ0v) is 14.7. The molecule has 122 valence electrons. The first-order chi connectivity index (χ1) is 10.5. The molecule has 0 aromatic heterocycles. The summed E-state index contributed by atoms with van der Waals surface area (Å²) in [5, 5.41) is 0. The van der Waals surface area contributed by atoms with Crippen LogP contribution < -0.4 is 0 Å². The SMILES string of the molecule is CCC1N(S(=O)(=O)c2ccc(C)cc2)CC2CCCC21CC. The van der Waals surface area contributed by atoms with E-state index in [2.05, 4.69) is 13.8 Å². The van der Waals surface area contributed by atoms with Gasteiger partial charge in [-0.05, 0) is 56.1 Å². The van der Waals surface area contributed by atoms with Crippen LogP contribution in [-0.2, 0) is 10.0 Å². The van der Waals surface area contributed by atoms with Gasteiger partial charge >= 0.3 is 0 Å². The van der Waals surface area contributed by atoms with Crippen molar-refractivity contribution in [3.63, 3.8) is 0 Å². The zero-order chi connectivity index (χ0) is 16.0. The first-order valence-corrected chi connectivity index (χ1v) is 9.98. The highest BCUT2D eigenvalue weighted by atomic mass is 32.2. The predicted molar refractivity (Wildman–Crippen MR) is 89.2 cm³/mol. The molecule has 3 atom stereocenters. The number of fused-ring (bicyclic) bond motifs is 1. The Morgan fingerprint density at radius 3 is 2.50 bits per heavy atom. The quantitative estimate of drug-likeness (QED) is 0.841. The molecule has 2 aliphatic rings. The van der Waals surface area contributed by atoms with Gasteiger partial charge in [-0.25, -0.2) is 8.42 Å². The Morgan fingerprint density at radius 2 is 1.91 bits per heavy atom. The number of nitrogens with zero attached hydrogens (tertiary/aromatic N) is 1. The Bertz CT molecular complexity index is 638. The molecule has 1 heterocycles. The predicted octanol–water partition coefficient (Wildman–Crippen LogP) is 3.97. The van der Waals surface area contributed by atoms with Gasteiger partial charge in [0.2, 0.25) is 10.0 Å². The standard InChI is InChI=1S/C18H27NO2S/c1-4-17-18(5-2)12-6-7-15(18)13-19(17)22(20,21)16-10-8-14(3)9-11-16/h8-11,15,17H,4-7,12-13H2,1-3H3. The number of benzene rings is 1. The van der Waals surface area contributed by atoms with E-state index in [9.17, 15) is 8.42 Å². The molecule has 0 N–H and O–H groups in total. The van der Waals surface area contributed by atoms with E-state index < -0.39 is 10.0 Å². The smallest absolute Gasteiger partial charge is 0.207 e. The van der Waals surface area contributed by atoms with Crippen LogP contribution in [-0.4, -0.2) is 25.3 Å². The molecule has 3 unspecified atom stereocenters. The highest BCUT2D eigenvalue weighted by Crippen LogP contribution is 2.56. The number of aryl methyl sites for hydroxylation is 1. The summed E-state index contributed by atoms with van der Waals surface area (Å²) in [5.41, 5.74) is 1.31. The second-order valence-electron chi connectivity index (χ2n) is 6.99. The highest BCUT2D eigenvalue weighted by Gasteiger charge is 2.57. The van der Waals surface area contributed by atoms with Crippen molar-refractivity contribution in [2.75, 3.05) is 6.54 Å². The first-order valence-electron chi connectivity index (χ1n) is 8.54. The molecule has 0 bridgehead atoms. The van der Waals surface area contributed by atoms with Crippen LogP contribution in [0.2, 0.25) is 0 Å². The second kappa shape index (κ2) is 5.64. The molecule has 0 spiro atoms. The summed E-state index contributed by atoms with van der Waals surface area (Å²) in [6.07, 6.45) is 5.63. The van der Waals surface area contributed by atoms with E-state index in [0.29, 0.717) is 17.4 Å². The lowest BCUT2D eigenvalue weighted by Gasteiger charge is -2.36. The minimum Gasteiger partial charge on any atom is -0.207 e. The fourth-order valence-corrected chi connectivity index (χ4v) is 6.76. The van der Waals surface area contributed by atoms with E-state index in [0.717, 1.165) is 18.4 Å². The molecule has 1 aliphatic heterocycles. The summed E-state index contributed by atoms with van der Waals surface area (Å²) in [4.78, 5) is 0.447. The molecule has 4 heteroatoms. The van der Waals surface area contributed by atoms with Gasteiger partial charge in [-0.2, -0.15) is 4.31 Å². The van der Waals surface area contributed by atoms with Crippen LogP contribution in [0, 0.1) is 18.3 Å². The van der Waals surface area contributed by atoms with Crippen LogP contribution in [0.5, 0.6) is 0 Å². The number of hydrogen-bond donors (Lipinski definition) is 0. The summed E-state index contributed by atoms with van der Waals surface area (Å²) in [6.45, 7) is 7.07. The topological polar surface area (TPSA) is 37.4 Å². The maximum absolute atomic E-state index is 13.1. The Hall–Kier alpha value is -0.870. The maximum Gasteiger partial charge on any atom is 0.243 e. The van der Waals surface area contributed by atoms with Crippen LogP contribution in [0.25, 0.3) is 0 Å². The summed E-state index contributed by atoms with van der Waals surface area (Å²) in [5.74, 6) is 0.544. The van der Waals surface area contributed by atoms with Gasteiger partial charge in [-0.15, -0.1) is 0 Å². The molecule has 1 aliphatic carbocycles. The summed E-state index contributed by atoms with van der Waals surface area (Å²) >= 11 is 0. The maximum atomic E-state index is 13.1. The van der Waals surface area contributed by atoms with Gasteiger partial charge in [0.25, 0.3) is 0 Å². The van der Waals surface area contributed by atoms with Crippen molar-refractivity contribution in [1.82, 2.24) is 4.31 Å². The minimum absolute atomic E-state index is 0.163. The lowest BCUT2D eigenvalue weighted by atomic mass is 9.72. The lowest BCUT2D eigenvalue weighted by molar-refractivity contribution is 0.171. The van der Waals surface area contributed by atoms with Gasteiger partial charge in [0.1, 0.15) is 0 Å². The van der Waals surface area contributed by atoms with Crippen molar-refractivity contribution in [3.05, 3.63) is 29.8 Å². The van der Waals surface area contributed by atoms with Crippen molar-refractivity contribution < 1.29 is 8.42 Å². The largest absolute Gasteiger partial charge is 0.243 e. The fraction of sp³-hybridized carbons (Fsp3) is 0.667. The number of rotatable bonds is 4. The van der Waals surface area contributed by atoms with Gasteiger partial charge in [0, 0.05) is 12.6 Å². The van der Waals surface area contributed by atoms with E-state index in [1.807, 2.05) is 23.4 Å².